The van der Waals surface area contributed by atoms with Gasteiger partial charge in [0.25, 0.3) is 0 Å². The van der Waals surface area contributed by atoms with E-state index in [0.29, 0.717) is 11.1 Å². The summed E-state index contributed by atoms with van der Waals surface area (Å²) in [7, 11) is 0. The standard InChI is InChI=1S/C14H10ClF3O/c15-12-2-1-9(6-13(12)18)14(19)5-8-3-10(16)7-11(17)4-8/h1-4,6-7,14,19H,5H2. The van der Waals surface area contributed by atoms with Gasteiger partial charge in [0.2, 0.25) is 0 Å². The minimum absolute atomic E-state index is 0.0181. The molecule has 0 bridgehead atoms. The van der Waals surface area contributed by atoms with Crippen LogP contribution >= 0.6 is 11.6 Å². The molecule has 0 radical (unpaired) electrons. The topological polar surface area (TPSA) is 20.2 Å². The normalized spacial score (nSPS) is 12.5. The molecule has 0 spiro atoms. The van der Waals surface area contributed by atoms with Crippen LogP contribution in [0.1, 0.15) is 17.2 Å². The second-order valence-corrected chi connectivity index (χ2v) is 4.58. The minimum atomic E-state index is -1.06. The largest absolute Gasteiger partial charge is 0.388 e. The summed E-state index contributed by atoms with van der Waals surface area (Å²) >= 11 is 5.53. The second-order valence-electron chi connectivity index (χ2n) is 4.17. The summed E-state index contributed by atoms with van der Waals surface area (Å²) in [5, 5.41) is 9.87. The molecule has 2 rings (SSSR count). The highest BCUT2D eigenvalue weighted by Crippen LogP contribution is 2.23. The molecule has 5 heteroatoms. The predicted octanol–water partition coefficient (Wildman–Crippen LogP) is 4.03. The summed E-state index contributed by atoms with van der Waals surface area (Å²) in [6.07, 6.45) is -1.08. The van der Waals surface area contributed by atoms with E-state index in [0.717, 1.165) is 24.3 Å². The number of rotatable bonds is 3. The van der Waals surface area contributed by atoms with Crippen molar-refractivity contribution in [1.29, 1.82) is 0 Å². The zero-order chi connectivity index (χ0) is 14.0. The average Bonchev–Trinajstić information content (AvgIpc) is 2.31. The third-order valence-corrected chi connectivity index (χ3v) is 2.99. The van der Waals surface area contributed by atoms with Crippen LogP contribution in [0.4, 0.5) is 13.2 Å². The molecular weight excluding hydrogens is 277 g/mol. The fourth-order valence-corrected chi connectivity index (χ4v) is 1.91. The van der Waals surface area contributed by atoms with Crippen molar-refractivity contribution < 1.29 is 18.3 Å². The van der Waals surface area contributed by atoms with E-state index in [1.54, 1.807) is 0 Å². The molecular formula is C14H10ClF3O. The van der Waals surface area contributed by atoms with Crippen LogP contribution in [-0.4, -0.2) is 5.11 Å². The first-order valence-electron chi connectivity index (χ1n) is 5.53. The van der Waals surface area contributed by atoms with Gasteiger partial charge in [0.15, 0.2) is 0 Å². The zero-order valence-corrected chi connectivity index (χ0v) is 10.5. The Morgan fingerprint density at radius 2 is 1.63 bits per heavy atom. The summed E-state index contributed by atoms with van der Waals surface area (Å²) in [5.74, 6) is -2.09. The molecule has 19 heavy (non-hydrogen) atoms. The van der Waals surface area contributed by atoms with E-state index >= 15 is 0 Å². The van der Waals surface area contributed by atoms with Crippen LogP contribution in [0.15, 0.2) is 36.4 Å². The highest BCUT2D eigenvalue weighted by atomic mass is 35.5. The van der Waals surface area contributed by atoms with Crippen molar-refractivity contribution in [2.75, 3.05) is 0 Å². The lowest BCUT2D eigenvalue weighted by molar-refractivity contribution is 0.178. The summed E-state index contributed by atoms with van der Waals surface area (Å²) in [6, 6.07) is 6.88. The zero-order valence-electron chi connectivity index (χ0n) is 9.71. The molecule has 0 aliphatic rings. The minimum Gasteiger partial charge on any atom is -0.388 e. The van der Waals surface area contributed by atoms with Crippen molar-refractivity contribution in [3.63, 3.8) is 0 Å². The molecule has 1 unspecified atom stereocenters. The highest BCUT2D eigenvalue weighted by molar-refractivity contribution is 6.30. The van der Waals surface area contributed by atoms with Crippen LogP contribution in [0, 0.1) is 17.5 Å². The molecule has 2 aromatic rings. The first-order chi connectivity index (χ1) is 8.95. The Labute approximate surface area is 113 Å². The van der Waals surface area contributed by atoms with Crippen molar-refractivity contribution in [2.24, 2.45) is 0 Å². The monoisotopic (exact) mass is 286 g/mol. The Bertz CT molecular complexity index is 581. The second kappa shape index (κ2) is 5.63. The lowest BCUT2D eigenvalue weighted by Gasteiger charge is -2.12. The third-order valence-electron chi connectivity index (χ3n) is 2.68. The van der Waals surface area contributed by atoms with Crippen LogP contribution in [0.2, 0.25) is 5.02 Å². The van der Waals surface area contributed by atoms with E-state index in [2.05, 4.69) is 0 Å². The fourth-order valence-electron chi connectivity index (χ4n) is 1.79. The third kappa shape index (κ3) is 3.49. The van der Waals surface area contributed by atoms with Crippen LogP contribution in [0.5, 0.6) is 0 Å². The van der Waals surface area contributed by atoms with Crippen molar-refractivity contribution in [3.05, 3.63) is 70.0 Å². The average molecular weight is 287 g/mol. The molecule has 0 amide bonds. The van der Waals surface area contributed by atoms with Gasteiger partial charge in [-0.3, -0.25) is 0 Å². The SMILES string of the molecule is OC(Cc1cc(F)cc(F)c1)c1ccc(Cl)c(F)c1. The molecule has 1 nitrogen and oxygen atoms in total. The van der Waals surface area contributed by atoms with E-state index in [-0.39, 0.29) is 11.4 Å². The lowest BCUT2D eigenvalue weighted by atomic mass is 10.0. The van der Waals surface area contributed by atoms with Gasteiger partial charge in [-0.05, 0) is 35.4 Å². The number of halogens is 4. The van der Waals surface area contributed by atoms with Gasteiger partial charge in [-0.15, -0.1) is 0 Å². The van der Waals surface area contributed by atoms with Crippen molar-refractivity contribution in [3.8, 4) is 0 Å². The molecule has 1 atom stereocenters. The molecule has 0 aromatic heterocycles. The van der Waals surface area contributed by atoms with Crippen LogP contribution in [0.3, 0.4) is 0 Å². The van der Waals surface area contributed by atoms with Crippen LogP contribution in [-0.2, 0) is 6.42 Å². The summed E-state index contributed by atoms with van der Waals surface area (Å²) in [5.41, 5.74) is 0.590. The summed E-state index contributed by atoms with van der Waals surface area (Å²) in [4.78, 5) is 0. The fraction of sp³-hybridized carbons (Fsp3) is 0.143. The number of aliphatic hydroxyl groups is 1. The smallest absolute Gasteiger partial charge is 0.142 e. The molecule has 0 aliphatic carbocycles. The highest BCUT2D eigenvalue weighted by Gasteiger charge is 2.12. The Morgan fingerprint density at radius 3 is 2.21 bits per heavy atom. The molecule has 0 aliphatic heterocycles. The number of aliphatic hydroxyl groups excluding tert-OH is 1. The first kappa shape index (κ1) is 13.9. The molecule has 0 fully saturated rings. The van der Waals surface area contributed by atoms with Gasteiger partial charge in [0.05, 0.1) is 11.1 Å². The number of hydrogen-bond acceptors (Lipinski definition) is 1. The van der Waals surface area contributed by atoms with Crippen LogP contribution < -0.4 is 0 Å². The van der Waals surface area contributed by atoms with E-state index in [1.807, 2.05) is 0 Å². The maximum Gasteiger partial charge on any atom is 0.142 e. The summed E-state index contributed by atoms with van der Waals surface area (Å²) < 4.78 is 39.2. The van der Waals surface area contributed by atoms with E-state index in [9.17, 15) is 18.3 Å². The van der Waals surface area contributed by atoms with Crippen molar-refractivity contribution >= 4 is 11.6 Å². The maximum atomic E-state index is 13.2. The molecule has 1 N–H and O–H groups in total. The van der Waals surface area contributed by atoms with Crippen LogP contribution in [0.25, 0.3) is 0 Å². The van der Waals surface area contributed by atoms with Gasteiger partial charge in [-0.25, -0.2) is 13.2 Å². The summed E-state index contributed by atoms with van der Waals surface area (Å²) in [6.45, 7) is 0. The van der Waals surface area contributed by atoms with Gasteiger partial charge in [0, 0.05) is 12.5 Å². The Balaban J connectivity index is 2.20. The van der Waals surface area contributed by atoms with Gasteiger partial charge in [-0.2, -0.15) is 0 Å². The predicted molar refractivity (Wildman–Crippen MR) is 66.4 cm³/mol. The Morgan fingerprint density at radius 1 is 1.00 bits per heavy atom. The number of hydrogen-bond donors (Lipinski definition) is 1. The van der Waals surface area contributed by atoms with E-state index in [4.69, 9.17) is 11.6 Å². The van der Waals surface area contributed by atoms with Crippen molar-refractivity contribution in [1.82, 2.24) is 0 Å². The van der Waals surface area contributed by atoms with Gasteiger partial charge >= 0.3 is 0 Å². The Kier molecular flexibility index (Phi) is 4.12. The molecule has 100 valence electrons. The van der Waals surface area contributed by atoms with Gasteiger partial charge in [0.1, 0.15) is 17.5 Å². The molecule has 0 heterocycles. The Hall–Kier alpha value is -1.52. The maximum absolute atomic E-state index is 13.2. The van der Waals surface area contributed by atoms with Gasteiger partial charge in [-0.1, -0.05) is 17.7 Å². The van der Waals surface area contributed by atoms with Crippen molar-refractivity contribution in [2.45, 2.75) is 12.5 Å². The number of benzene rings is 2. The van der Waals surface area contributed by atoms with Gasteiger partial charge < -0.3 is 5.11 Å². The molecule has 0 saturated heterocycles. The first-order valence-corrected chi connectivity index (χ1v) is 5.91. The molecule has 2 aromatic carbocycles. The van der Waals surface area contributed by atoms with E-state index in [1.165, 1.54) is 12.1 Å². The lowest BCUT2D eigenvalue weighted by Crippen LogP contribution is -2.03. The molecule has 0 saturated carbocycles. The quantitative estimate of drug-likeness (QED) is 0.903. The van der Waals surface area contributed by atoms with E-state index < -0.39 is 23.6 Å².